The molecule has 2 aliphatic heterocycles. The number of rotatable bonds is 2. The lowest BCUT2D eigenvalue weighted by Gasteiger charge is -2.01. The van der Waals surface area contributed by atoms with Crippen LogP contribution in [0.15, 0.2) is 0 Å². The number of likely N-dealkylation sites (tertiary alicyclic amines) is 2. The Hall–Kier alpha value is -0.0800. The molecule has 0 aromatic heterocycles. The second-order valence-electron chi connectivity index (χ2n) is 5.37. The van der Waals surface area contributed by atoms with Crippen molar-refractivity contribution in [1.29, 1.82) is 0 Å². The standard InChI is InChI=1S/2C5H11N.C5H12/c2*1-6-4-2-3-5-6;1-3-5-4-2/h2*2-5H2,1H3;3-5H2,1-2H3. The molecule has 2 fully saturated rings. The summed E-state index contributed by atoms with van der Waals surface area (Å²) in [7, 11) is 4.35. The molecule has 0 spiro atoms. The van der Waals surface area contributed by atoms with Crippen molar-refractivity contribution < 1.29 is 0 Å². The minimum absolute atomic E-state index is 1.32. The van der Waals surface area contributed by atoms with Gasteiger partial charge in [-0.25, -0.2) is 0 Å². The SMILES string of the molecule is CCCCC.CN1CCCC1.CN1CCCC1. The molecule has 2 saturated heterocycles. The van der Waals surface area contributed by atoms with Gasteiger partial charge >= 0.3 is 0 Å². The van der Waals surface area contributed by atoms with Gasteiger partial charge in [-0.05, 0) is 66.0 Å². The monoisotopic (exact) mass is 242 g/mol. The van der Waals surface area contributed by atoms with E-state index in [-0.39, 0.29) is 0 Å². The van der Waals surface area contributed by atoms with Gasteiger partial charge in [0.2, 0.25) is 0 Å². The van der Waals surface area contributed by atoms with Crippen LogP contribution in [-0.4, -0.2) is 50.1 Å². The van der Waals surface area contributed by atoms with Crippen molar-refractivity contribution in [3.8, 4) is 0 Å². The third kappa shape index (κ3) is 12.2. The van der Waals surface area contributed by atoms with Crippen molar-refractivity contribution >= 4 is 0 Å². The zero-order valence-corrected chi connectivity index (χ0v) is 12.7. The predicted octanol–water partition coefficient (Wildman–Crippen LogP) is 3.62. The normalized spacial score (nSPS) is 20.5. The van der Waals surface area contributed by atoms with Crippen molar-refractivity contribution in [2.75, 3.05) is 40.3 Å². The summed E-state index contributed by atoms with van der Waals surface area (Å²) in [6.45, 7) is 9.70. The zero-order valence-electron chi connectivity index (χ0n) is 12.7. The lowest BCUT2D eigenvalue weighted by atomic mass is 10.3. The van der Waals surface area contributed by atoms with Gasteiger partial charge < -0.3 is 9.80 Å². The minimum atomic E-state index is 1.32. The van der Waals surface area contributed by atoms with Gasteiger partial charge in [0, 0.05) is 0 Å². The van der Waals surface area contributed by atoms with Crippen LogP contribution in [0, 0.1) is 0 Å². The highest BCUT2D eigenvalue weighted by Crippen LogP contribution is 2.02. The Morgan fingerprint density at radius 1 is 0.647 bits per heavy atom. The summed E-state index contributed by atoms with van der Waals surface area (Å²) in [6, 6.07) is 0. The Balaban J connectivity index is 0.000000228. The molecular weight excluding hydrogens is 208 g/mol. The van der Waals surface area contributed by atoms with Crippen LogP contribution in [0.2, 0.25) is 0 Å². The van der Waals surface area contributed by atoms with Crippen LogP contribution in [0.25, 0.3) is 0 Å². The fourth-order valence-corrected chi connectivity index (χ4v) is 2.10. The molecule has 0 atom stereocenters. The molecule has 2 rings (SSSR count). The van der Waals surface area contributed by atoms with Crippen molar-refractivity contribution in [3.63, 3.8) is 0 Å². The van der Waals surface area contributed by atoms with E-state index in [9.17, 15) is 0 Å². The fraction of sp³-hybridized carbons (Fsp3) is 1.00. The van der Waals surface area contributed by atoms with E-state index in [1.54, 1.807) is 0 Å². The molecule has 0 aromatic carbocycles. The Morgan fingerprint density at radius 2 is 0.941 bits per heavy atom. The predicted molar refractivity (Wildman–Crippen MR) is 78.7 cm³/mol. The van der Waals surface area contributed by atoms with Gasteiger partial charge in [-0.1, -0.05) is 33.1 Å². The lowest BCUT2D eigenvalue weighted by Crippen LogP contribution is -2.10. The third-order valence-corrected chi connectivity index (χ3v) is 3.37. The fourth-order valence-electron chi connectivity index (χ4n) is 2.10. The molecule has 2 nitrogen and oxygen atoms in total. The molecule has 0 unspecified atom stereocenters. The van der Waals surface area contributed by atoms with E-state index in [0.717, 1.165) is 0 Å². The largest absolute Gasteiger partial charge is 0.306 e. The molecule has 17 heavy (non-hydrogen) atoms. The average Bonchev–Trinajstić information content (AvgIpc) is 2.95. The van der Waals surface area contributed by atoms with E-state index in [1.807, 2.05) is 0 Å². The second kappa shape index (κ2) is 12.4. The highest BCUT2D eigenvalue weighted by molar-refractivity contribution is 4.59. The molecule has 0 N–H and O–H groups in total. The molecular formula is C15H34N2. The van der Waals surface area contributed by atoms with E-state index >= 15 is 0 Å². The number of unbranched alkanes of at least 4 members (excludes halogenated alkanes) is 2. The number of nitrogens with zero attached hydrogens (tertiary/aromatic N) is 2. The minimum Gasteiger partial charge on any atom is -0.306 e. The maximum atomic E-state index is 2.36. The summed E-state index contributed by atoms with van der Waals surface area (Å²) in [5.41, 5.74) is 0. The van der Waals surface area contributed by atoms with E-state index in [0.29, 0.717) is 0 Å². The lowest BCUT2D eigenvalue weighted by molar-refractivity contribution is 0.418. The van der Waals surface area contributed by atoms with Crippen molar-refractivity contribution in [2.24, 2.45) is 0 Å². The highest BCUT2D eigenvalue weighted by atomic mass is 15.1. The van der Waals surface area contributed by atoms with Crippen LogP contribution in [0.3, 0.4) is 0 Å². The first kappa shape index (κ1) is 16.9. The summed E-state index contributed by atoms with van der Waals surface area (Å²) in [6.07, 6.45) is 9.73. The molecule has 0 radical (unpaired) electrons. The zero-order chi connectivity index (χ0) is 12.9. The van der Waals surface area contributed by atoms with Crippen molar-refractivity contribution in [2.45, 2.75) is 58.8 Å². The third-order valence-electron chi connectivity index (χ3n) is 3.37. The van der Waals surface area contributed by atoms with Gasteiger partial charge in [0.15, 0.2) is 0 Å². The second-order valence-corrected chi connectivity index (χ2v) is 5.37. The molecule has 0 amide bonds. The Kier molecular flexibility index (Phi) is 12.3. The van der Waals surface area contributed by atoms with Crippen LogP contribution in [0.4, 0.5) is 0 Å². The smallest absolute Gasteiger partial charge is 0.00213 e. The highest BCUT2D eigenvalue weighted by Gasteiger charge is 2.03. The van der Waals surface area contributed by atoms with Crippen LogP contribution >= 0.6 is 0 Å². The molecule has 0 saturated carbocycles. The molecule has 2 heteroatoms. The van der Waals surface area contributed by atoms with Crippen LogP contribution in [0.1, 0.15) is 58.8 Å². The quantitative estimate of drug-likeness (QED) is 0.730. The van der Waals surface area contributed by atoms with E-state index in [4.69, 9.17) is 0 Å². The summed E-state index contributed by atoms with van der Waals surface area (Å²) in [5.74, 6) is 0. The van der Waals surface area contributed by atoms with Crippen LogP contribution in [-0.2, 0) is 0 Å². The van der Waals surface area contributed by atoms with Crippen LogP contribution in [0.5, 0.6) is 0 Å². The van der Waals surface area contributed by atoms with Crippen molar-refractivity contribution in [3.05, 3.63) is 0 Å². The van der Waals surface area contributed by atoms with Gasteiger partial charge in [0.25, 0.3) is 0 Å². The average molecular weight is 242 g/mol. The summed E-state index contributed by atoms with van der Waals surface area (Å²) in [5, 5.41) is 0. The Labute approximate surface area is 109 Å². The molecule has 2 aliphatic rings. The van der Waals surface area contributed by atoms with E-state index in [2.05, 4.69) is 37.7 Å². The first-order chi connectivity index (χ1) is 8.20. The summed E-state index contributed by atoms with van der Waals surface area (Å²) >= 11 is 0. The maximum Gasteiger partial charge on any atom is -0.00213 e. The van der Waals surface area contributed by atoms with Gasteiger partial charge in [-0.2, -0.15) is 0 Å². The first-order valence-corrected chi connectivity index (χ1v) is 7.57. The Bertz CT molecular complexity index is 120. The molecule has 0 aliphatic carbocycles. The first-order valence-electron chi connectivity index (χ1n) is 7.57. The Morgan fingerprint density at radius 3 is 1.00 bits per heavy atom. The van der Waals surface area contributed by atoms with Gasteiger partial charge in [-0.3, -0.25) is 0 Å². The van der Waals surface area contributed by atoms with Crippen LogP contribution < -0.4 is 0 Å². The van der Waals surface area contributed by atoms with Gasteiger partial charge in [-0.15, -0.1) is 0 Å². The molecule has 0 bridgehead atoms. The van der Waals surface area contributed by atoms with Crippen molar-refractivity contribution in [1.82, 2.24) is 9.80 Å². The van der Waals surface area contributed by atoms with Gasteiger partial charge in [0.05, 0.1) is 0 Å². The van der Waals surface area contributed by atoms with E-state index < -0.39 is 0 Å². The molecule has 2 heterocycles. The maximum absolute atomic E-state index is 2.36. The van der Waals surface area contributed by atoms with E-state index in [1.165, 1.54) is 71.1 Å². The van der Waals surface area contributed by atoms with Gasteiger partial charge in [0.1, 0.15) is 0 Å². The number of hydrogen-bond donors (Lipinski definition) is 0. The summed E-state index contributed by atoms with van der Waals surface area (Å²) in [4.78, 5) is 4.72. The molecule has 104 valence electrons. The summed E-state index contributed by atoms with van der Waals surface area (Å²) < 4.78 is 0. The molecule has 0 aromatic rings. The number of hydrogen-bond acceptors (Lipinski definition) is 2. The topological polar surface area (TPSA) is 6.48 Å².